The van der Waals surface area contributed by atoms with Crippen molar-refractivity contribution in [3.05, 3.63) is 146 Å². The Hall–Kier alpha value is -4.11. The average Bonchev–Trinajstić information content (AvgIpc) is 3.41. The lowest BCUT2D eigenvalue weighted by Gasteiger charge is -2.24. The standard InChI is InChI=1S/C68H112NO8P/c1-6-8-10-12-14-16-18-20-22-24-26-28-30-32-34-36-38-40-42-44-46-48-50-52-54-56-58-60-67(70)74-64-66(65-76-78(72,73)75-63-62-69(3,4)5)77-68(71)61-59-57-55-53-51-49-47-45-43-41-39-37-35-33-31-29-27-25-23-21-19-17-15-13-11-9-7-2/h8-11,14-17,20-23,26-29,32-35,38-41,66H,6-7,12-13,18-19,24-25,30-31,36-37,42-65H2,1-5H3/p+1/b10-8-,11-9-,16-14-,17-15-,22-20-,23-21-,28-26-,29-27-,34-32-,35-33-,40-38-,41-39-. The molecule has 0 radical (unpaired) electrons. The van der Waals surface area contributed by atoms with Crippen molar-refractivity contribution in [3.63, 3.8) is 0 Å². The monoisotopic (exact) mass is 1100 g/mol. The highest BCUT2D eigenvalue weighted by molar-refractivity contribution is 7.47. The third-order valence-electron chi connectivity index (χ3n) is 12.4. The van der Waals surface area contributed by atoms with E-state index >= 15 is 0 Å². The van der Waals surface area contributed by atoms with Crippen molar-refractivity contribution in [2.45, 2.75) is 225 Å². The summed E-state index contributed by atoms with van der Waals surface area (Å²) in [6.07, 6.45) is 84.8. The number of phosphoric acid groups is 1. The largest absolute Gasteiger partial charge is 0.472 e. The molecule has 0 heterocycles. The number of allylic oxidation sites excluding steroid dienone is 24. The van der Waals surface area contributed by atoms with Crippen molar-refractivity contribution in [1.82, 2.24) is 0 Å². The Morgan fingerprint density at radius 3 is 1.03 bits per heavy atom. The molecule has 0 aliphatic rings. The van der Waals surface area contributed by atoms with Crippen molar-refractivity contribution in [3.8, 4) is 0 Å². The quantitative estimate of drug-likeness (QED) is 0.0211. The van der Waals surface area contributed by atoms with Crippen LogP contribution >= 0.6 is 7.82 Å². The maximum atomic E-state index is 12.8. The van der Waals surface area contributed by atoms with Gasteiger partial charge >= 0.3 is 19.8 Å². The molecule has 0 aromatic rings. The number of hydrogen-bond acceptors (Lipinski definition) is 7. The lowest BCUT2D eigenvalue weighted by Crippen LogP contribution is -2.37. The normalized spacial score (nSPS) is 14.3. The second-order valence-corrected chi connectivity index (χ2v) is 22.4. The molecule has 78 heavy (non-hydrogen) atoms. The summed E-state index contributed by atoms with van der Waals surface area (Å²) in [5.41, 5.74) is 0. The van der Waals surface area contributed by atoms with Gasteiger partial charge in [-0.15, -0.1) is 0 Å². The van der Waals surface area contributed by atoms with E-state index in [0.717, 1.165) is 135 Å². The van der Waals surface area contributed by atoms with Gasteiger partial charge in [0.25, 0.3) is 0 Å². The minimum Gasteiger partial charge on any atom is -0.462 e. The molecular weight excluding hydrogens is 990 g/mol. The van der Waals surface area contributed by atoms with Crippen molar-refractivity contribution < 1.29 is 42.1 Å². The van der Waals surface area contributed by atoms with E-state index in [4.69, 9.17) is 18.5 Å². The first-order valence-corrected chi connectivity index (χ1v) is 32.1. The average molecular weight is 1100 g/mol. The van der Waals surface area contributed by atoms with Gasteiger partial charge < -0.3 is 18.9 Å². The number of likely N-dealkylation sites (N-methyl/N-ethyl adjacent to an activating group) is 1. The lowest BCUT2D eigenvalue weighted by atomic mass is 10.1. The van der Waals surface area contributed by atoms with E-state index in [2.05, 4.69) is 160 Å². The van der Waals surface area contributed by atoms with Gasteiger partial charge in [-0.3, -0.25) is 18.6 Å². The van der Waals surface area contributed by atoms with E-state index in [9.17, 15) is 19.0 Å². The molecule has 0 fully saturated rings. The van der Waals surface area contributed by atoms with E-state index in [-0.39, 0.29) is 32.0 Å². The highest BCUT2D eigenvalue weighted by atomic mass is 31.2. The third kappa shape index (κ3) is 61.1. The molecular formula is C68H113NO8P+. The van der Waals surface area contributed by atoms with Crippen LogP contribution in [0.5, 0.6) is 0 Å². The van der Waals surface area contributed by atoms with Gasteiger partial charge in [-0.25, -0.2) is 4.57 Å². The van der Waals surface area contributed by atoms with Gasteiger partial charge in [0.05, 0.1) is 27.7 Å². The second kappa shape index (κ2) is 57.6. The molecule has 1 N–H and O–H groups in total. The fraction of sp³-hybridized carbons (Fsp3) is 0.618. The smallest absolute Gasteiger partial charge is 0.462 e. The highest BCUT2D eigenvalue weighted by Crippen LogP contribution is 2.43. The van der Waals surface area contributed by atoms with Crippen LogP contribution in [0.3, 0.4) is 0 Å². The van der Waals surface area contributed by atoms with Crippen LogP contribution in [0.15, 0.2) is 146 Å². The zero-order valence-corrected chi connectivity index (χ0v) is 51.0. The Bertz CT molecular complexity index is 1820. The maximum absolute atomic E-state index is 12.8. The van der Waals surface area contributed by atoms with E-state index in [0.29, 0.717) is 17.4 Å². The first-order chi connectivity index (χ1) is 38.0. The number of carbonyl (C=O) groups excluding carboxylic acids is 2. The van der Waals surface area contributed by atoms with Gasteiger partial charge in [-0.05, 0) is 116 Å². The molecule has 10 heteroatoms. The fourth-order valence-corrected chi connectivity index (χ4v) is 8.47. The predicted molar refractivity (Wildman–Crippen MR) is 334 cm³/mol. The van der Waals surface area contributed by atoms with Crippen LogP contribution in [-0.4, -0.2) is 74.9 Å². The first kappa shape index (κ1) is 73.9. The first-order valence-electron chi connectivity index (χ1n) is 30.6. The van der Waals surface area contributed by atoms with E-state index in [1.54, 1.807) is 0 Å². The molecule has 2 atom stereocenters. The van der Waals surface area contributed by atoms with Crippen LogP contribution in [-0.2, 0) is 32.7 Å². The number of nitrogens with zero attached hydrogens (tertiary/aromatic N) is 1. The molecule has 0 spiro atoms. The lowest BCUT2D eigenvalue weighted by molar-refractivity contribution is -0.870. The van der Waals surface area contributed by atoms with Gasteiger partial charge in [0.15, 0.2) is 6.10 Å². The van der Waals surface area contributed by atoms with Gasteiger partial charge in [-0.1, -0.05) is 237 Å². The number of rotatable bonds is 54. The Balaban J connectivity index is 4.23. The zero-order chi connectivity index (χ0) is 57.0. The minimum absolute atomic E-state index is 0.0200. The molecule has 2 unspecified atom stereocenters. The summed E-state index contributed by atoms with van der Waals surface area (Å²) < 4.78 is 34.6. The Kier molecular flexibility index (Phi) is 54.5. The van der Waals surface area contributed by atoms with Crippen molar-refractivity contribution in [2.24, 2.45) is 0 Å². The highest BCUT2D eigenvalue weighted by Gasteiger charge is 2.27. The van der Waals surface area contributed by atoms with Gasteiger partial charge in [0.1, 0.15) is 19.8 Å². The van der Waals surface area contributed by atoms with Crippen LogP contribution in [0.4, 0.5) is 0 Å². The molecule has 0 saturated carbocycles. The molecule has 9 nitrogen and oxygen atoms in total. The van der Waals surface area contributed by atoms with Gasteiger partial charge in [-0.2, -0.15) is 0 Å². The van der Waals surface area contributed by atoms with Crippen molar-refractivity contribution in [1.29, 1.82) is 0 Å². The number of hydrogen-bond donors (Lipinski definition) is 1. The number of phosphoric ester groups is 1. The summed E-state index contributed by atoms with van der Waals surface area (Å²) >= 11 is 0. The molecule has 442 valence electrons. The van der Waals surface area contributed by atoms with Crippen LogP contribution in [0.25, 0.3) is 0 Å². The number of unbranched alkanes of at least 4 members (excludes halogenated alkanes) is 16. The number of carbonyl (C=O) groups is 2. The third-order valence-corrected chi connectivity index (χ3v) is 13.3. The summed E-state index contributed by atoms with van der Waals surface area (Å²) in [5.74, 6) is -0.827. The van der Waals surface area contributed by atoms with E-state index in [1.807, 2.05) is 21.1 Å². The molecule has 0 aromatic heterocycles. The predicted octanol–water partition coefficient (Wildman–Crippen LogP) is 19.5. The molecule has 0 aromatic carbocycles. The van der Waals surface area contributed by atoms with Crippen LogP contribution in [0.2, 0.25) is 0 Å². The van der Waals surface area contributed by atoms with Gasteiger partial charge in [0, 0.05) is 12.8 Å². The summed E-state index contributed by atoms with van der Waals surface area (Å²) in [6.45, 7) is 4.17. The Labute approximate surface area is 478 Å². The second-order valence-electron chi connectivity index (χ2n) is 21.0. The molecule has 0 rings (SSSR count). The summed E-state index contributed by atoms with van der Waals surface area (Å²) in [5, 5.41) is 0. The SMILES string of the molecule is CC/C=C\C/C=C\C/C=C\C/C=C\C/C=C\C/C=C\CCCCCCCCCCC(=O)OCC(COP(=O)(O)OCC[N+](C)(C)C)OC(=O)CCCCCCCCCC/C=C\C/C=C\C/C=C\C/C=C\C/C=C\C/C=C\CC. The van der Waals surface area contributed by atoms with Crippen LogP contribution in [0, 0.1) is 0 Å². The maximum Gasteiger partial charge on any atom is 0.472 e. The molecule has 0 aliphatic heterocycles. The molecule has 0 bridgehead atoms. The minimum atomic E-state index is -4.40. The Morgan fingerprint density at radius 2 is 0.692 bits per heavy atom. The van der Waals surface area contributed by atoms with Gasteiger partial charge in [0.2, 0.25) is 0 Å². The summed E-state index contributed by atoms with van der Waals surface area (Å²) in [4.78, 5) is 35.8. The van der Waals surface area contributed by atoms with E-state index in [1.165, 1.54) is 51.4 Å². The Morgan fingerprint density at radius 1 is 0.397 bits per heavy atom. The van der Waals surface area contributed by atoms with Crippen molar-refractivity contribution in [2.75, 3.05) is 47.5 Å². The molecule has 0 aliphatic carbocycles. The number of ether oxygens (including phenoxy) is 2. The zero-order valence-electron chi connectivity index (χ0n) is 50.1. The van der Waals surface area contributed by atoms with Crippen LogP contribution in [0.1, 0.15) is 219 Å². The molecule has 0 amide bonds. The summed E-state index contributed by atoms with van der Waals surface area (Å²) in [6, 6.07) is 0. The van der Waals surface area contributed by atoms with Crippen LogP contribution < -0.4 is 0 Å². The topological polar surface area (TPSA) is 108 Å². The van der Waals surface area contributed by atoms with E-state index < -0.39 is 26.5 Å². The number of quaternary nitrogens is 1. The number of esters is 2. The molecule has 0 saturated heterocycles. The fourth-order valence-electron chi connectivity index (χ4n) is 7.73. The van der Waals surface area contributed by atoms with Crippen molar-refractivity contribution >= 4 is 19.8 Å². The summed E-state index contributed by atoms with van der Waals surface area (Å²) in [7, 11) is 1.44.